The lowest BCUT2D eigenvalue weighted by Gasteiger charge is -2.23. The Hall–Kier alpha value is -1.34. The number of hydrogen-bond acceptors (Lipinski definition) is 4. The van der Waals surface area contributed by atoms with Crippen molar-refractivity contribution in [1.29, 1.82) is 0 Å². The minimum atomic E-state index is -1.55. The van der Waals surface area contributed by atoms with Gasteiger partial charge in [0, 0.05) is 19.0 Å². The molecule has 0 saturated heterocycles. The number of aliphatic hydroxyl groups is 1. The fourth-order valence-corrected chi connectivity index (χ4v) is 1.78. The zero-order valence-corrected chi connectivity index (χ0v) is 8.99. The highest BCUT2D eigenvalue weighted by Crippen LogP contribution is 2.26. The largest absolute Gasteiger partial charge is 0.382 e. The van der Waals surface area contributed by atoms with Crippen LogP contribution in [0.2, 0.25) is 0 Å². The predicted octanol–water partition coefficient (Wildman–Crippen LogP) is -0.0494. The van der Waals surface area contributed by atoms with E-state index in [1.165, 1.54) is 11.8 Å². The Bertz CT molecular complexity index is 327. The van der Waals surface area contributed by atoms with Crippen LogP contribution in [0.4, 0.5) is 0 Å². The Morgan fingerprint density at radius 1 is 1.67 bits per heavy atom. The molecule has 2 unspecified atom stereocenters. The van der Waals surface area contributed by atoms with E-state index in [0.717, 1.165) is 6.42 Å². The van der Waals surface area contributed by atoms with Crippen LogP contribution in [0.1, 0.15) is 26.7 Å². The van der Waals surface area contributed by atoms with E-state index in [-0.39, 0.29) is 6.42 Å². The Labute approximate surface area is 89.3 Å². The minimum absolute atomic E-state index is 0.0921. The SMILES string of the molecule is C#CN(CCC)C1CC(C)(O)C(=O)C1=O. The summed E-state index contributed by atoms with van der Waals surface area (Å²) in [7, 11) is 0. The molecule has 0 aliphatic heterocycles. The first-order valence-corrected chi connectivity index (χ1v) is 4.98. The zero-order chi connectivity index (χ0) is 11.6. The molecule has 15 heavy (non-hydrogen) atoms. The van der Waals surface area contributed by atoms with Crippen molar-refractivity contribution in [3.8, 4) is 12.5 Å². The van der Waals surface area contributed by atoms with E-state index < -0.39 is 23.2 Å². The van der Waals surface area contributed by atoms with Gasteiger partial charge in [0.15, 0.2) is 0 Å². The number of terminal acetylenes is 1. The van der Waals surface area contributed by atoms with E-state index in [2.05, 4.69) is 6.04 Å². The standard InChI is InChI=1S/C11H15NO3/c1-4-6-12(5-2)8-7-11(3,15)10(14)9(8)13/h2,8,15H,4,6-7H2,1,3H3. The van der Waals surface area contributed by atoms with Gasteiger partial charge in [0.2, 0.25) is 11.6 Å². The lowest BCUT2D eigenvalue weighted by molar-refractivity contribution is -0.142. The maximum absolute atomic E-state index is 11.5. The first-order valence-electron chi connectivity index (χ1n) is 4.98. The highest BCUT2D eigenvalue weighted by Gasteiger charge is 2.50. The summed E-state index contributed by atoms with van der Waals surface area (Å²) in [5.74, 6) is -1.31. The van der Waals surface area contributed by atoms with Gasteiger partial charge in [0.1, 0.15) is 11.6 Å². The minimum Gasteiger partial charge on any atom is -0.382 e. The fourth-order valence-electron chi connectivity index (χ4n) is 1.78. The van der Waals surface area contributed by atoms with Gasteiger partial charge in [-0.05, 0) is 13.3 Å². The second kappa shape index (κ2) is 4.03. The monoisotopic (exact) mass is 209 g/mol. The van der Waals surface area contributed by atoms with Crippen molar-refractivity contribution in [3.63, 3.8) is 0 Å². The van der Waals surface area contributed by atoms with Gasteiger partial charge < -0.3 is 10.0 Å². The topological polar surface area (TPSA) is 57.6 Å². The highest BCUT2D eigenvalue weighted by molar-refractivity contribution is 6.44. The molecule has 0 spiro atoms. The average Bonchev–Trinajstić information content (AvgIpc) is 2.39. The Balaban J connectivity index is 2.86. The summed E-state index contributed by atoms with van der Waals surface area (Å²) in [6.45, 7) is 3.84. The Morgan fingerprint density at radius 3 is 2.60 bits per heavy atom. The van der Waals surface area contributed by atoms with Crippen molar-refractivity contribution in [3.05, 3.63) is 0 Å². The van der Waals surface area contributed by atoms with Crippen LogP contribution in [-0.2, 0) is 9.59 Å². The summed E-state index contributed by atoms with van der Waals surface area (Å²) in [5.41, 5.74) is -1.55. The summed E-state index contributed by atoms with van der Waals surface area (Å²) in [4.78, 5) is 24.4. The zero-order valence-electron chi connectivity index (χ0n) is 8.99. The lowest BCUT2D eigenvalue weighted by Crippen LogP contribution is -2.36. The van der Waals surface area contributed by atoms with Gasteiger partial charge in [-0.2, -0.15) is 0 Å². The maximum Gasteiger partial charge on any atom is 0.231 e. The smallest absolute Gasteiger partial charge is 0.231 e. The molecule has 0 radical (unpaired) electrons. The van der Waals surface area contributed by atoms with E-state index in [1.807, 2.05) is 6.92 Å². The molecule has 0 aromatic carbocycles. The molecule has 1 saturated carbocycles. The third-order valence-corrected chi connectivity index (χ3v) is 2.61. The van der Waals surface area contributed by atoms with Crippen LogP contribution in [0.5, 0.6) is 0 Å². The molecule has 4 heteroatoms. The van der Waals surface area contributed by atoms with Crippen LogP contribution >= 0.6 is 0 Å². The second-order valence-corrected chi connectivity index (χ2v) is 4.01. The molecule has 0 amide bonds. The molecular formula is C11H15NO3. The number of ketones is 2. The van der Waals surface area contributed by atoms with Crippen molar-refractivity contribution in [2.75, 3.05) is 6.54 Å². The summed E-state index contributed by atoms with van der Waals surface area (Å²) in [5, 5.41) is 9.65. The number of Topliss-reactive ketones (excluding diaryl/α,β-unsaturated/α-hetero) is 2. The van der Waals surface area contributed by atoms with E-state index in [4.69, 9.17) is 6.42 Å². The van der Waals surface area contributed by atoms with Gasteiger partial charge in [-0.3, -0.25) is 9.59 Å². The summed E-state index contributed by atoms with van der Waals surface area (Å²) in [6, 6.07) is 1.73. The van der Waals surface area contributed by atoms with Gasteiger partial charge >= 0.3 is 0 Å². The number of carbonyl (C=O) groups is 2. The van der Waals surface area contributed by atoms with Crippen LogP contribution in [0.3, 0.4) is 0 Å². The third-order valence-electron chi connectivity index (χ3n) is 2.61. The molecule has 0 aromatic heterocycles. The van der Waals surface area contributed by atoms with Crippen molar-refractivity contribution in [1.82, 2.24) is 4.90 Å². The summed E-state index contributed by atoms with van der Waals surface area (Å²) < 4.78 is 0. The molecule has 1 fully saturated rings. The summed E-state index contributed by atoms with van der Waals surface area (Å²) >= 11 is 0. The number of carbonyl (C=O) groups excluding carboxylic acids is 2. The average molecular weight is 209 g/mol. The molecule has 82 valence electrons. The molecule has 0 heterocycles. The molecule has 1 aliphatic carbocycles. The quantitative estimate of drug-likeness (QED) is 0.402. The van der Waals surface area contributed by atoms with Crippen molar-refractivity contribution < 1.29 is 14.7 Å². The van der Waals surface area contributed by atoms with Gasteiger partial charge in [-0.1, -0.05) is 13.3 Å². The molecule has 0 aromatic rings. The van der Waals surface area contributed by atoms with E-state index >= 15 is 0 Å². The van der Waals surface area contributed by atoms with Gasteiger partial charge in [0.25, 0.3) is 0 Å². The molecule has 4 nitrogen and oxygen atoms in total. The second-order valence-electron chi connectivity index (χ2n) is 4.01. The Kier molecular flexibility index (Phi) is 3.15. The van der Waals surface area contributed by atoms with E-state index in [1.54, 1.807) is 0 Å². The van der Waals surface area contributed by atoms with Crippen molar-refractivity contribution >= 4 is 11.6 Å². The molecule has 0 bridgehead atoms. The maximum atomic E-state index is 11.5. The lowest BCUT2D eigenvalue weighted by atomic mass is 10.0. The van der Waals surface area contributed by atoms with Crippen molar-refractivity contribution in [2.45, 2.75) is 38.3 Å². The normalized spacial score (nSPS) is 30.4. The fraction of sp³-hybridized carbons (Fsp3) is 0.636. The molecule has 1 N–H and O–H groups in total. The van der Waals surface area contributed by atoms with Crippen LogP contribution < -0.4 is 0 Å². The molecule has 1 rings (SSSR count). The van der Waals surface area contributed by atoms with Gasteiger partial charge in [-0.25, -0.2) is 0 Å². The Morgan fingerprint density at radius 2 is 2.27 bits per heavy atom. The van der Waals surface area contributed by atoms with Crippen molar-refractivity contribution in [2.24, 2.45) is 0 Å². The van der Waals surface area contributed by atoms with Crippen LogP contribution in [0.15, 0.2) is 0 Å². The van der Waals surface area contributed by atoms with Crippen LogP contribution in [0, 0.1) is 12.5 Å². The van der Waals surface area contributed by atoms with Crippen LogP contribution in [-0.4, -0.2) is 39.8 Å². The number of nitrogens with zero attached hydrogens (tertiary/aromatic N) is 1. The first kappa shape index (κ1) is 11.7. The number of rotatable bonds is 3. The third kappa shape index (κ3) is 2.02. The van der Waals surface area contributed by atoms with E-state index in [0.29, 0.717) is 6.54 Å². The van der Waals surface area contributed by atoms with Gasteiger partial charge in [-0.15, -0.1) is 0 Å². The molecule has 2 atom stereocenters. The van der Waals surface area contributed by atoms with Crippen LogP contribution in [0.25, 0.3) is 0 Å². The number of hydrogen-bond donors (Lipinski definition) is 1. The molecular weight excluding hydrogens is 194 g/mol. The summed E-state index contributed by atoms with van der Waals surface area (Å²) in [6.07, 6.45) is 6.15. The predicted molar refractivity (Wildman–Crippen MR) is 54.9 cm³/mol. The molecule has 1 aliphatic rings. The first-order chi connectivity index (χ1) is 6.94. The van der Waals surface area contributed by atoms with Gasteiger partial charge in [0.05, 0.1) is 0 Å². The van der Waals surface area contributed by atoms with E-state index in [9.17, 15) is 14.7 Å². The highest BCUT2D eigenvalue weighted by atomic mass is 16.3.